The molecule has 0 spiro atoms. The molecule has 0 saturated carbocycles. The average Bonchev–Trinajstić information content (AvgIpc) is 2.83. The van der Waals surface area contributed by atoms with Crippen LogP contribution >= 0.6 is 23.2 Å². The molecule has 0 fully saturated rings. The second-order valence-corrected chi connectivity index (χ2v) is 5.44. The van der Waals surface area contributed by atoms with Gasteiger partial charge in [-0.15, -0.1) is 0 Å². The van der Waals surface area contributed by atoms with Gasteiger partial charge in [0.25, 0.3) is 0 Å². The first kappa shape index (κ1) is 15.3. The van der Waals surface area contributed by atoms with Crippen molar-refractivity contribution in [3.05, 3.63) is 46.0 Å². The Hall–Kier alpha value is -1.10. The second kappa shape index (κ2) is 7.07. The van der Waals surface area contributed by atoms with E-state index in [1.54, 1.807) is 17.1 Å². The molecule has 20 heavy (non-hydrogen) atoms. The third-order valence-corrected chi connectivity index (χ3v) is 4.02. The normalized spacial score (nSPS) is 12.6. The first-order valence-corrected chi connectivity index (χ1v) is 7.39. The SMILES string of the molecule is CCCNC(Cc1ncnn1C)c1cccc(Cl)c1Cl. The Bertz CT molecular complexity index is 568. The standard InChI is InChI=1S/C14H18Cl2N4/c1-3-7-17-12(8-13-18-9-19-20(13)2)10-5-4-6-11(15)14(10)16/h4-6,9,12,17H,3,7-8H2,1-2H3. The smallest absolute Gasteiger partial charge is 0.138 e. The minimum atomic E-state index is 0.0732. The van der Waals surface area contributed by atoms with Crippen LogP contribution in [0, 0.1) is 0 Å². The quantitative estimate of drug-likeness (QED) is 0.889. The monoisotopic (exact) mass is 312 g/mol. The molecule has 0 bridgehead atoms. The molecule has 2 rings (SSSR count). The Kier molecular flexibility index (Phi) is 5.40. The highest BCUT2D eigenvalue weighted by atomic mass is 35.5. The molecule has 0 aliphatic rings. The van der Waals surface area contributed by atoms with Gasteiger partial charge in [-0.2, -0.15) is 5.10 Å². The van der Waals surface area contributed by atoms with Crippen molar-refractivity contribution in [2.75, 3.05) is 6.54 Å². The summed E-state index contributed by atoms with van der Waals surface area (Å²) in [6.07, 6.45) is 3.33. The van der Waals surface area contributed by atoms with Crippen LogP contribution in [0.3, 0.4) is 0 Å². The predicted octanol–water partition coefficient (Wildman–Crippen LogP) is 3.41. The molecule has 1 unspecified atom stereocenters. The van der Waals surface area contributed by atoms with Crippen molar-refractivity contribution in [1.82, 2.24) is 20.1 Å². The maximum absolute atomic E-state index is 6.33. The number of nitrogens with zero attached hydrogens (tertiary/aromatic N) is 3. The van der Waals surface area contributed by atoms with Crippen molar-refractivity contribution in [3.8, 4) is 0 Å². The summed E-state index contributed by atoms with van der Waals surface area (Å²) in [7, 11) is 1.89. The molecule has 1 aromatic heterocycles. The fourth-order valence-corrected chi connectivity index (χ4v) is 2.53. The highest BCUT2D eigenvalue weighted by molar-refractivity contribution is 6.42. The van der Waals surface area contributed by atoms with Gasteiger partial charge in [0.1, 0.15) is 12.2 Å². The van der Waals surface area contributed by atoms with E-state index in [0.717, 1.165) is 30.8 Å². The number of aryl methyl sites for hydroxylation is 1. The van der Waals surface area contributed by atoms with E-state index >= 15 is 0 Å². The number of hydrogen-bond acceptors (Lipinski definition) is 3. The molecule has 1 atom stereocenters. The number of hydrogen-bond donors (Lipinski definition) is 1. The third kappa shape index (κ3) is 3.51. The minimum absolute atomic E-state index is 0.0732. The number of nitrogens with one attached hydrogen (secondary N) is 1. The summed E-state index contributed by atoms with van der Waals surface area (Å²) in [4.78, 5) is 4.28. The Morgan fingerprint density at radius 2 is 2.15 bits per heavy atom. The van der Waals surface area contributed by atoms with Crippen molar-refractivity contribution < 1.29 is 0 Å². The van der Waals surface area contributed by atoms with Gasteiger partial charge in [0.2, 0.25) is 0 Å². The zero-order valence-corrected chi connectivity index (χ0v) is 13.1. The van der Waals surface area contributed by atoms with Gasteiger partial charge in [0.15, 0.2) is 0 Å². The van der Waals surface area contributed by atoms with Gasteiger partial charge >= 0.3 is 0 Å². The van der Waals surface area contributed by atoms with Crippen LogP contribution in [0.5, 0.6) is 0 Å². The number of aromatic nitrogens is 3. The molecule has 0 aliphatic heterocycles. The van der Waals surface area contributed by atoms with Gasteiger partial charge in [0.05, 0.1) is 10.0 Å². The lowest BCUT2D eigenvalue weighted by Gasteiger charge is -2.20. The maximum atomic E-state index is 6.33. The summed E-state index contributed by atoms with van der Waals surface area (Å²) in [5.74, 6) is 0.912. The molecule has 108 valence electrons. The molecule has 2 aromatic rings. The van der Waals surface area contributed by atoms with Crippen molar-refractivity contribution in [2.24, 2.45) is 7.05 Å². The van der Waals surface area contributed by atoms with Crippen molar-refractivity contribution in [3.63, 3.8) is 0 Å². The van der Waals surface area contributed by atoms with E-state index in [-0.39, 0.29) is 6.04 Å². The van der Waals surface area contributed by atoms with Crippen LogP contribution in [0.2, 0.25) is 10.0 Å². The molecule has 0 radical (unpaired) electrons. The van der Waals surface area contributed by atoms with Gasteiger partial charge in [-0.05, 0) is 24.6 Å². The predicted molar refractivity (Wildman–Crippen MR) is 82.2 cm³/mol. The van der Waals surface area contributed by atoms with Crippen LogP contribution < -0.4 is 5.32 Å². The zero-order valence-electron chi connectivity index (χ0n) is 11.6. The van der Waals surface area contributed by atoms with Crippen LogP contribution in [-0.4, -0.2) is 21.3 Å². The molecule has 1 aromatic carbocycles. The van der Waals surface area contributed by atoms with E-state index in [1.165, 1.54) is 0 Å². The molecule has 1 N–H and O–H groups in total. The Labute approximate surface area is 129 Å². The summed E-state index contributed by atoms with van der Waals surface area (Å²) < 4.78 is 1.78. The van der Waals surface area contributed by atoms with Gasteiger partial charge in [-0.25, -0.2) is 4.98 Å². The van der Waals surface area contributed by atoms with Crippen LogP contribution in [0.4, 0.5) is 0 Å². The van der Waals surface area contributed by atoms with E-state index in [1.807, 2.05) is 19.2 Å². The third-order valence-electron chi connectivity index (χ3n) is 3.19. The first-order valence-electron chi connectivity index (χ1n) is 6.63. The second-order valence-electron chi connectivity index (χ2n) is 4.65. The summed E-state index contributed by atoms with van der Waals surface area (Å²) in [5.41, 5.74) is 0.996. The lowest BCUT2D eigenvalue weighted by atomic mass is 10.0. The number of benzene rings is 1. The lowest BCUT2D eigenvalue weighted by molar-refractivity contribution is 0.506. The summed E-state index contributed by atoms with van der Waals surface area (Å²) in [5, 5.41) is 8.77. The van der Waals surface area contributed by atoms with Crippen LogP contribution in [0.15, 0.2) is 24.5 Å². The van der Waals surface area contributed by atoms with Crippen LogP contribution in [0.1, 0.15) is 30.8 Å². The Morgan fingerprint density at radius 1 is 1.35 bits per heavy atom. The fourth-order valence-electron chi connectivity index (χ4n) is 2.09. The van der Waals surface area contributed by atoms with Gasteiger partial charge < -0.3 is 5.32 Å². The van der Waals surface area contributed by atoms with Gasteiger partial charge in [0, 0.05) is 19.5 Å². The molecular weight excluding hydrogens is 295 g/mol. The van der Waals surface area contributed by atoms with Crippen LogP contribution in [-0.2, 0) is 13.5 Å². The average molecular weight is 313 g/mol. The highest BCUT2D eigenvalue weighted by Gasteiger charge is 2.18. The molecule has 1 heterocycles. The molecule has 0 amide bonds. The minimum Gasteiger partial charge on any atom is -0.310 e. The summed E-state index contributed by atoms with van der Waals surface area (Å²) in [6.45, 7) is 3.04. The maximum Gasteiger partial charge on any atom is 0.138 e. The fraction of sp³-hybridized carbons (Fsp3) is 0.429. The number of rotatable bonds is 6. The largest absolute Gasteiger partial charge is 0.310 e. The van der Waals surface area contributed by atoms with Crippen LogP contribution in [0.25, 0.3) is 0 Å². The molecule has 0 saturated heterocycles. The summed E-state index contributed by atoms with van der Waals surface area (Å²) >= 11 is 12.4. The lowest BCUT2D eigenvalue weighted by Crippen LogP contribution is -2.25. The van der Waals surface area contributed by atoms with Crippen molar-refractivity contribution >= 4 is 23.2 Å². The Balaban J connectivity index is 2.27. The van der Waals surface area contributed by atoms with Gasteiger partial charge in [-0.3, -0.25) is 4.68 Å². The Morgan fingerprint density at radius 3 is 2.80 bits per heavy atom. The van der Waals surface area contributed by atoms with Crippen molar-refractivity contribution in [2.45, 2.75) is 25.8 Å². The molecule has 4 nitrogen and oxygen atoms in total. The van der Waals surface area contributed by atoms with E-state index in [0.29, 0.717) is 10.0 Å². The van der Waals surface area contributed by atoms with Crippen molar-refractivity contribution in [1.29, 1.82) is 0 Å². The molecular formula is C14H18Cl2N4. The topological polar surface area (TPSA) is 42.7 Å². The van der Waals surface area contributed by atoms with E-state index in [2.05, 4.69) is 22.3 Å². The van der Waals surface area contributed by atoms with E-state index in [4.69, 9.17) is 23.2 Å². The van der Waals surface area contributed by atoms with Gasteiger partial charge in [-0.1, -0.05) is 42.3 Å². The highest BCUT2D eigenvalue weighted by Crippen LogP contribution is 2.31. The summed E-state index contributed by atoms with van der Waals surface area (Å²) in [6, 6.07) is 5.79. The zero-order chi connectivity index (χ0) is 14.5. The van der Waals surface area contributed by atoms with E-state index in [9.17, 15) is 0 Å². The molecule has 0 aliphatic carbocycles. The van der Waals surface area contributed by atoms with E-state index < -0.39 is 0 Å². The number of halogens is 2. The first-order chi connectivity index (χ1) is 9.63. The molecule has 6 heteroatoms.